The number of benzene rings is 2. The molecule has 0 atom stereocenters. The Balaban J connectivity index is 1.69. The van der Waals surface area contributed by atoms with Gasteiger partial charge in [0.05, 0.1) is 12.0 Å². The largest absolute Gasteiger partial charge is 0.303 e. The number of amides is 1. The van der Waals surface area contributed by atoms with Crippen LogP contribution in [0.1, 0.15) is 31.9 Å². The van der Waals surface area contributed by atoms with Crippen LogP contribution in [-0.4, -0.2) is 23.0 Å². The van der Waals surface area contributed by atoms with Crippen molar-refractivity contribution in [1.29, 1.82) is 0 Å². The molecule has 0 saturated carbocycles. The van der Waals surface area contributed by atoms with Crippen molar-refractivity contribution in [2.24, 2.45) is 10.2 Å². The molecule has 1 aliphatic heterocycles. The summed E-state index contributed by atoms with van der Waals surface area (Å²) in [5.41, 5.74) is 4.83. The predicted octanol–water partition coefficient (Wildman–Crippen LogP) is 4.20. The summed E-state index contributed by atoms with van der Waals surface area (Å²) in [6.45, 7) is 6.65. The van der Waals surface area contributed by atoms with E-state index < -0.39 is 0 Å². The Morgan fingerprint density at radius 3 is 2.12 bits per heavy atom. The molecular formula is C20H21N3OS. The van der Waals surface area contributed by atoms with Crippen LogP contribution in [0.5, 0.6) is 0 Å². The fourth-order valence-corrected chi connectivity index (χ4v) is 3.08. The van der Waals surface area contributed by atoms with Gasteiger partial charge in [-0.3, -0.25) is 4.79 Å². The summed E-state index contributed by atoms with van der Waals surface area (Å²) in [5, 5.41) is 11.2. The third kappa shape index (κ3) is 4.57. The second-order valence-electron chi connectivity index (χ2n) is 6.94. The molecule has 0 aliphatic carbocycles. The van der Waals surface area contributed by atoms with Crippen molar-refractivity contribution in [3.8, 4) is 11.1 Å². The quantitative estimate of drug-likeness (QED) is 0.665. The predicted molar refractivity (Wildman–Crippen MR) is 106 cm³/mol. The van der Waals surface area contributed by atoms with Crippen LogP contribution in [0.4, 0.5) is 0 Å². The first-order chi connectivity index (χ1) is 11.9. The fourth-order valence-electron chi connectivity index (χ4n) is 2.45. The van der Waals surface area contributed by atoms with Gasteiger partial charge in [0.25, 0.3) is 0 Å². The third-order valence-corrected chi connectivity index (χ3v) is 4.80. The SMILES string of the molecule is CC(C)(C)c1ccc(-c2ccc(C=NN=C3NC(=O)CS3)cc2)cc1. The van der Waals surface area contributed by atoms with E-state index >= 15 is 0 Å². The highest BCUT2D eigenvalue weighted by molar-refractivity contribution is 8.15. The number of carbonyl (C=O) groups excluding carboxylic acids is 1. The van der Waals surface area contributed by atoms with Gasteiger partial charge in [0, 0.05) is 0 Å². The van der Waals surface area contributed by atoms with E-state index in [-0.39, 0.29) is 11.3 Å². The van der Waals surface area contributed by atoms with E-state index in [1.807, 2.05) is 12.1 Å². The zero-order valence-corrected chi connectivity index (χ0v) is 15.4. The van der Waals surface area contributed by atoms with Crippen molar-refractivity contribution in [3.05, 3.63) is 59.7 Å². The van der Waals surface area contributed by atoms with Crippen LogP contribution in [0.15, 0.2) is 58.7 Å². The average molecular weight is 351 g/mol. The highest BCUT2D eigenvalue weighted by Crippen LogP contribution is 2.26. The molecule has 0 radical (unpaired) electrons. The lowest BCUT2D eigenvalue weighted by molar-refractivity contribution is -0.116. The molecule has 3 rings (SSSR count). The topological polar surface area (TPSA) is 53.8 Å². The van der Waals surface area contributed by atoms with Gasteiger partial charge in [-0.05, 0) is 27.7 Å². The molecule has 1 saturated heterocycles. The summed E-state index contributed by atoms with van der Waals surface area (Å²) in [6, 6.07) is 16.9. The molecule has 2 aromatic rings. The number of nitrogens with one attached hydrogen (secondary N) is 1. The smallest absolute Gasteiger partial charge is 0.236 e. The maximum Gasteiger partial charge on any atom is 0.236 e. The minimum absolute atomic E-state index is 0.0271. The number of nitrogens with zero attached hydrogens (tertiary/aromatic N) is 2. The van der Waals surface area contributed by atoms with E-state index in [1.54, 1.807) is 6.21 Å². The Labute approximate surface area is 152 Å². The minimum atomic E-state index is -0.0271. The van der Waals surface area contributed by atoms with Crippen molar-refractivity contribution < 1.29 is 4.79 Å². The number of carbonyl (C=O) groups is 1. The van der Waals surface area contributed by atoms with Crippen molar-refractivity contribution in [2.45, 2.75) is 26.2 Å². The summed E-state index contributed by atoms with van der Waals surface area (Å²) in [6.07, 6.45) is 1.69. The second kappa shape index (κ2) is 7.23. The first-order valence-electron chi connectivity index (χ1n) is 8.16. The molecule has 25 heavy (non-hydrogen) atoms. The van der Waals surface area contributed by atoms with Gasteiger partial charge in [0.15, 0.2) is 5.17 Å². The van der Waals surface area contributed by atoms with Gasteiger partial charge in [0.1, 0.15) is 0 Å². The molecule has 0 bridgehead atoms. The van der Waals surface area contributed by atoms with Crippen LogP contribution in [0, 0.1) is 0 Å². The second-order valence-corrected chi connectivity index (χ2v) is 7.90. The highest BCUT2D eigenvalue weighted by Gasteiger charge is 2.16. The minimum Gasteiger partial charge on any atom is -0.303 e. The van der Waals surface area contributed by atoms with Crippen molar-refractivity contribution in [2.75, 3.05) is 5.75 Å². The van der Waals surface area contributed by atoms with Gasteiger partial charge in [-0.15, -0.1) is 5.10 Å². The summed E-state index contributed by atoms with van der Waals surface area (Å²) in [5.74, 6) is 0.387. The van der Waals surface area contributed by atoms with Crippen molar-refractivity contribution in [3.63, 3.8) is 0 Å². The molecule has 1 amide bonds. The third-order valence-electron chi connectivity index (χ3n) is 3.94. The van der Waals surface area contributed by atoms with Crippen LogP contribution >= 0.6 is 11.8 Å². The van der Waals surface area contributed by atoms with Crippen molar-refractivity contribution >= 4 is 29.1 Å². The van der Waals surface area contributed by atoms with E-state index in [2.05, 4.69) is 72.7 Å². The van der Waals surface area contributed by atoms with Gasteiger partial charge in [-0.1, -0.05) is 81.1 Å². The number of thioether (sulfide) groups is 1. The summed E-state index contributed by atoms with van der Waals surface area (Å²) in [4.78, 5) is 11.1. The van der Waals surface area contributed by atoms with Gasteiger partial charge in [0.2, 0.25) is 5.91 Å². The first kappa shape index (κ1) is 17.4. The molecular weight excluding hydrogens is 330 g/mol. The zero-order valence-electron chi connectivity index (χ0n) is 14.6. The Morgan fingerprint density at radius 1 is 1.00 bits per heavy atom. The molecule has 128 valence electrons. The summed E-state index contributed by atoms with van der Waals surface area (Å²) in [7, 11) is 0. The molecule has 1 N–H and O–H groups in total. The Kier molecular flexibility index (Phi) is 5.04. The monoisotopic (exact) mass is 351 g/mol. The van der Waals surface area contributed by atoms with Crippen LogP contribution < -0.4 is 5.32 Å². The Hall–Kier alpha value is -2.40. The number of hydrogen-bond donors (Lipinski definition) is 1. The number of amidine groups is 1. The normalized spacial score (nSPS) is 16.6. The van der Waals surface area contributed by atoms with Crippen LogP contribution in [0.25, 0.3) is 11.1 Å². The molecule has 1 heterocycles. The van der Waals surface area contributed by atoms with E-state index in [0.717, 1.165) is 5.56 Å². The van der Waals surface area contributed by atoms with E-state index in [9.17, 15) is 4.79 Å². The zero-order chi connectivity index (χ0) is 17.9. The van der Waals surface area contributed by atoms with Gasteiger partial charge in [-0.25, -0.2) is 0 Å². The van der Waals surface area contributed by atoms with Gasteiger partial charge < -0.3 is 5.32 Å². The lowest BCUT2D eigenvalue weighted by atomic mass is 9.86. The fraction of sp³-hybridized carbons (Fsp3) is 0.250. The highest BCUT2D eigenvalue weighted by atomic mass is 32.2. The maximum atomic E-state index is 11.1. The maximum absolute atomic E-state index is 11.1. The summed E-state index contributed by atoms with van der Waals surface area (Å²) < 4.78 is 0. The molecule has 1 fully saturated rings. The van der Waals surface area contributed by atoms with Gasteiger partial charge in [-0.2, -0.15) is 5.10 Å². The lowest BCUT2D eigenvalue weighted by Crippen LogP contribution is -2.19. The first-order valence-corrected chi connectivity index (χ1v) is 9.15. The standard InChI is InChI=1S/C20H21N3OS/c1-20(2,3)17-10-8-16(9-11-17)15-6-4-14(5-7-15)12-21-23-19-22-18(24)13-25-19/h4-12H,13H2,1-3H3,(H,22,23,24). The van der Waals surface area contributed by atoms with E-state index in [1.165, 1.54) is 28.5 Å². The molecule has 0 unspecified atom stereocenters. The van der Waals surface area contributed by atoms with E-state index in [0.29, 0.717) is 10.9 Å². The number of rotatable bonds is 3. The van der Waals surface area contributed by atoms with Crippen LogP contribution in [0.2, 0.25) is 0 Å². The van der Waals surface area contributed by atoms with Crippen LogP contribution in [0.3, 0.4) is 0 Å². The number of hydrogen-bond acceptors (Lipinski definition) is 4. The molecule has 4 nitrogen and oxygen atoms in total. The van der Waals surface area contributed by atoms with Crippen molar-refractivity contribution in [1.82, 2.24) is 5.32 Å². The average Bonchev–Trinajstić information content (AvgIpc) is 3.00. The Bertz CT molecular complexity index is 816. The van der Waals surface area contributed by atoms with E-state index in [4.69, 9.17) is 0 Å². The molecule has 0 spiro atoms. The molecule has 5 heteroatoms. The summed E-state index contributed by atoms with van der Waals surface area (Å²) >= 11 is 1.36. The molecule has 1 aliphatic rings. The lowest BCUT2D eigenvalue weighted by Gasteiger charge is -2.19. The van der Waals surface area contributed by atoms with Crippen LogP contribution in [-0.2, 0) is 10.2 Å². The van der Waals surface area contributed by atoms with Gasteiger partial charge >= 0.3 is 0 Å². The molecule has 2 aromatic carbocycles. The Morgan fingerprint density at radius 2 is 1.60 bits per heavy atom. The molecule has 0 aromatic heterocycles.